The first kappa shape index (κ1) is 16.4. The van der Waals surface area contributed by atoms with E-state index in [0.29, 0.717) is 5.92 Å². The van der Waals surface area contributed by atoms with Crippen molar-refractivity contribution in [1.82, 2.24) is 5.32 Å². The smallest absolute Gasteiger partial charge is 0.217 e. The predicted octanol–water partition coefficient (Wildman–Crippen LogP) is 1.81. The number of fused-ring (bicyclic) bond motifs is 1. The molecular formula is C18H25NO4. The van der Waals surface area contributed by atoms with E-state index in [4.69, 9.17) is 9.47 Å². The normalized spacial score (nSPS) is 37.0. The van der Waals surface area contributed by atoms with Crippen LogP contribution in [0.1, 0.15) is 37.7 Å². The summed E-state index contributed by atoms with van der Waals surface area (Å²) in [4.78, 5) is 11.4. The van der Waals surface area contributed by atoms with Crippen LogP contribution in [0.3, 0.4) is 0 Å². The van der Waals surface area contributed by atoms with Gasteiger partial charge in [-0.05, 0) is 30.7 Å². The lowest BCUT2D eigenvalue weighted by molar-refractivity contribution is -0.250. The first-order valence-corrected chi connectivity index (χ1v) is 8.28. The number of amides is 1. The molecule has 2 aliphatic rings. The number of hydrogen-bond acceptors (Lipinski definition) is 4. The maximum Gasteiger partial charge on any atom is 0.217 e. The fourth-order valence-corrected chi connectivity index (χ4v) is 4.01. The molecule has 1 aliphatic carbocycles. The van der Waals surface area contributed by atoms with Gasteiger partial charge in [0.15, 0.2) is 6.29 Å². The Kier molecular flexibility index (Phi) is 4.99. The average Bonchev–Trinajstić information content (AvgIpc) is 2.57. The first-order valence-electron chi connectivity index (χ1n) is 8.28. The highest BCUT2D eigenvalue weighted by Gasteiger charge is 2.48. The monoisotopic (exact) mass is 319 g/mol. The number of carbonyl (C=O) groups is 1. The first-order chi connectivity index (χ1) is 11.1. The zero-order chi connectivity index (χ0) is 16.4. The molecular weight excluding hydrogens is 294 g/mol. The Morgan fingerprint density at radius 2 is 2.04 bits per heavy atom. The second-order valence-electron chi connectivity index (χ2n) is 6.58. The van der Waals surface area contributed by atoms with Crippen molar-refractivity contribution in [2.24, 2.45) is 5.92 Å². The van der Waals surface area contributed by atoms with Crippen molar-refractivity contribution in [3.63, 3.8) is 0 Å². The number of nitrogens with one attached hydrogen (secondary N) is 1. The number of methoxy groups -OCH3 is 1. The molecule has 0 unspecified atom stereocenters. The van der Waals surface area contributed by atoms with Gasteiger partial charge in [0.1, 0.15) is 6.04 Å². The molecule has 5 heteroatoms. The minimum absolute atomic E-state index is 0.0113. The summed E-state index contributed by atoms with van der Waals surface area (Å²) in [7, 11) is 1.54. The largest absolute Gasteiger partial charge is 0.390 e. The highest BCUT2D eigenvalue weighted by molar-refractivity contribution is 5.73. The third-order valence-corrected chi connectivity index (χ3v) is 5.12. The van der Waals surface area contributed by atoms with Crippen molar-refractivity contribution in [3.8, 4) is 0 Å². The maximum absolute atomic E-state index is 11.4. The fourth-order valence-electron chi connectivity index (χ4n) is 4.01. The van der Waals surface area contributed by atoms with Crippen LogP contribution in [0.4, 0.5) is 0 Å². The molecule has 1 aromatic rings. The van der Waals surface area contributed by atoms with E-state index < -0.39 is 18.4 Å². The Morgan fingerprint density at radius 3 is 2.70 bits per heavy atom. The quantitative estimate of drug-likeness (QED) is 0.891. The Hall–Kier alpha value is -1.43. The summed E-state index contributed by atoms with van der Waals surface area (Å²) in [6.45, 7) is 1.44. The van der Waals surface area contributed by atoms with E-state index in [-0.39, 0.29) is 17.9 Å². The SMILES string of the molecule is CO[C@H]1O[C@H]2CC[C@@H](c3ccccc3)C[C@H]2[C@H](O)[C@H]1NC(C)=O. The van der Waals surface area contributed by atoms with Crippen LogP contribution in [-0.4, -0.2) is 42.7 Å². The van der Waals surface area contributed by atoms with Gasteiger partial charge < -0.3 is 19.9 Å². The highest BCUT2D eigenvalue weighted by Crippen LogP contribution is 2.42. The standard InChI is InChI=1S/C18H25NO4/c1-11(20)19-16-17(21)14-10-13(12-6-4-3-5-7-12)8-9-15(14)23-18(16)22-2/h3-7,13-18,21H,8-10H2,1-2H3,(H,19,20)/t13-,14-,15+,16-,17+,18+/m1/s1. The Labute approximate surface area is 137 Å². The number of carbonyl (C=O) groups excluding carboxylic acids is 1. The van der Waals surface area contributed by atoms with E-state index in [1.807, 2.05) is 6.07 Å². The number of ether oxygens (including phenoxy) is 2. The molecule has 2 N–H and O–H groups in total. The van der Waals surface area contributed by atoms with Crippen molar-refractivity contribution in [2.45, 2.75) is 56.6 Å². The predicted molar refractivity (Wildman–Crippen MR) is 85.8 cm³/mol. The summed E-state index contributed by atoms with van der Waals surface area (Å²) in [5, 5.41) is 13.6. The van der Waals surface area contributed by atoms with E-state index in [1.165, 1.54) is 12.5 Å². The molecule has 6 atom stereocenters. The fraction of sp³-hybridized carbons (Fsp3) is 0.611. The summed E-state index contributed by atoms with van der Waals surface area (Å²) in [6, 6.07) is 9.89. The summed E-state index contributed by atoms with van der Waals surface area (Å²) >= 11 is 0. The number of benzene rings is 1. The Morgan fingerprint density at radius 1 is 1.30 bits per heavy atom. The van der Waals surface area contributed by atoms with Crippen molar-refractivity contribution < 1.29 is 19.4 Å². The zero-order valence-corrected chi connectivity index (χ0v) is 13.6. The van der Waals surface area contributed by atoms with Crippen molar-refractivity contribution in [3.05, 3.63) is 35.9 Å². The molecule has 0 bridgehead atoms. The van der Waals surface area contributed by atoms with Gasteiger partial charge >= 0.3 is 0 Å². The van der Waals surface area contributed by atoms with Crippen molar-refractivity contribution >= 4 is 5.91 Å². The Bertz CT molecular complexity index is 535. The lowest BCUT2D eigenvalue weighted by Crippen LogP contribution is -2.62. The second-order valence-corrected chi connectivity index (χ2v) is 6.58. The molecule has 1 amide bonds. The number of hydrogen-bond donors (Lipinski definition) is 2. The number of aliphatic hydroxyl groups is 1. The molecule has 0 aromatic heterocycles. The molecule has 1 saturated heterocycles. The molecule has 1 aliphatic heterocycles. The van der Waals surface area contributed by atoms with Gasteiger partial charge in [-0.25, -0.2) is 0 Å². The number of aliphatic hydroxyl groups excluding tert-OH is 1. The summed E-state index contributed by atoms with van der Waals surface area (Å²) in [5.74, 6) is 0.249. The third-order valence-electron chi connectivity index (χ3n) is 5.12. The molecule has 0 spiro atoms. The Balaban J connectivity index is 1.76. The van der Waals surface area contributed by atoms with E-state index in [1.54, 1.807) is 7.11 Å². The zero-order valence-electron chi connectivity index (χ0n) is 13.6. The van der Waals surface area contributed by atoms with Crippen LogP contribution in [0, 0.1) is 5.92 Å². The third kappa shape index (κ3) is 3.42. The minimum Gasteiger partial charge on any atom is -0.390 e. The molecule has 126 valence electrons. The lowest BCUT2D eigenvalue weighted by Gasteiger charge is -2.48. The molecule has 2 fully saturated rings. The lowest BCUT2D eigenvalue weighted by atomic mass is 9.71. The van der Waals surface area contributed by atoms with Crippen LogP contribution in [0.2, 0.25) is 0 Å². The summed E-state index contributed by atoms with van der Waals surface area (Å²) in [5.41, 5.74) is 1.31. The van der Waals surface area contributed by atoms with Gasteiger partial charge in [0.2, 0.25) is 5.91 Å². The minimum atomic E-state index is -0.658. The molecule has 5 nitrogen and oxygen atoms in total. The van der Waals surface area contributed by atoms with E-state index >= 15 is 0 Å². The molecule has 23 heavy (non-hydrogen) atoms. The van der Waals surface area contributed by atoms with E-state index in [0.717, 1.165) is 19.3 Å². The average molecular weight is 319 g/mol. The van der Waals surface area contributed by atoms with E-state index in [9.17, 15) is 9.90 Å². The summed E-state index contributed by atoms with van der Waals surface area (Å²) in [6.07, 6.45) is 1.53. The number of rotatable bonds is 3. The topological polar surface area (TPSA) is 67.8 Å². The van der Waals surface area contributed by atoms with Crippen molar-refractivity contribution in [2.75, 3.05) is 7.11 Å². The van der Waals surface area contributed by atoms with Crippen LogP contribution < -0.4 is 5.32 Å². The van der Waals surface area contributed by atoms with Crippen LogP contribution in [0.5, 0.6) is 0 Å². The van der Waals surface area contributed by atoms with Crippen LogP contribution in [0.25, 0.3) is 0 Å². The molecule has 3 rings (SSSR count). The van der Waals surface area contributed by atoms with Gasteiger partial charge in [-0.1, -0.05) is 30.3 Å². The van der Waals surface area contributed by atoms with Crippen LogP contribution >= 0.6 is 0 Å². The van der Waals surface area contributed by atoms with Crippen LogP contribution in [-0.2, 0) is 14.3 Å². The summed E-state index contributed by atoms with van der Waals surface area (Å²) < 4.78 is 11.3. The van der Waals surface area contributed by atoms with E-state index in [2.05, 4.69) is 29.6 Å². The second kappa shape index (κ2) is 6.99. The van der Waals surface area contributed by atoms with Crippen LogP contribution in [0.15, 0.2) is 30.3 Å². The molecule has 0 radical (unpaired) electrons. The van der Waals surface area contributed by atoms with Gasteiger partial charge in [0.05, 0.1) is 12.2 Å². The van der Waals surface area contributed by atoms with Gasteiger partial charge in [0, 0.05) is 20.0 Å². The molecule has 1 saturated carbocycles. The van der Waals surface area contributed by atoms with Gasteiger partial charge in [-0.15, -0.1) is 0 Å². The maximum atomic E-state index is 11.4. The van der Waals surface area contributed by atoms with Crippen molar-refractivity contribution in [1.29, 1.82) is 0 Å². The highest BCUT2D eigenvalue weighted by atomic mass is 16.7. The van der Waals surface area contributed by atoms with Gasteiger partial charge in [-0.2, -0.15) is 0 Å². The van der Waals surface area contributed by atoms with Gasteiger partial charge in [0.25, 0.3) is 0 Å². The molecule has 1 aromatic carbocycles. The molecule has 1 heterocycles. The van der Waals surface area contributed by atoms with Gasteiger partial charge in [-0.3, -0.25) is 4.79 Å².